The lowest BCUT2D eigenvalue weighted by atomic mass is 9.77. The molecule has 1 N–H and O–H groups in total. The van der Waals surface area contributed by atoms with E-state index in [1.807, 2.05) is 11.3 Å². The molecule has 1 heterocycles. The van der Waals surface area contributed by atoms with E-state index in [-0.39, 0.29) is 5.54 Å². The first-order valence-corrected chi connectivity index (χ1v) is 8.67. The zero-order chi connectivity index (χ0) is 13.5. The predicted molar refractivity (Wildman–Crippen MR) is 81.7 cm³/mol. The first-order chi connectivity index (χ1) is 9.09. The molecular weight excluding hydrogens is 252 g/mol. The van der Waals surface area contributed by atoms with Gasteiger partial charge in [-0.15, -0.1) is 11.3 Å². The van der Waals surface area contributed by atoms with Gasteiger partial charge in [0.2, 0.25) is 0 Å². The lowest BCUT2D eigenvalue weighted by Gasteiger charge is -2.40. The summed E-state index contributed by atoms with van der Waals surface area (Å²) in [5, 5.41) is 5.26. The maximum atomic E-state index is 5.02. The minimum absolute atomic E-state index is 0.176. The maximum Gasteiger partial charge on any atom is 0.113 e. The van der Waals surface area contributed by atoms with Crippen molar-refractivity contribution in [3.8, 4) is 0 Å². The van der Waals surface area contributed by atoms with E-state index in [9.17, 15) is 0 Å². The van der Waals surface area contributed by atoms with Crippen LogP contribution in [0.3, 0.4) is 0 Å². The molecule has 19 heavy (non-hydrogen) atoms. The molecule has 106 valence electrons. The van der Waals surface area contributed by atoms with Gasteiger partial charge in [-0.3, -0.25) is 0 Å². The Morgan fingerprint density at radius 3 is 2.63 bits per heavy atom. The molecular formula is C16H26N2S. The van der Waals surface area contributed by atoms with Gasteiger partial charge in [0.1, 0.15) is 5.01 Å². The van der Waals surface area contributed by atoms with E-state index >= 15 is 0 Å². The number of nitrogens with zero attached hydrogens (tertiary/aromatic N) is 1. The molecule has 1 aromatic rings. The Balaban J connectivity index is 1.89. The quantitative estimate of drug-likeness (QED) is 0.902. The number of rotatable bonds is 3. The summed E-state index contributed by atoms with van der Waals surface area (Å²) in [4.78, 5) is 6.59. The molecule has 0 atom stereocenters. The van der Waals surface area contributed by atoms with Gasteiger partial charge in [0.05, 0.1) is 11.2 Å². The second kappa shape index (κ2) is 5.17. The van der Waals surface area contributed by atoms with Gasteiger partial charge in [-0.1, -0.05) is 6.92 Å². The first kappa shape index (κ1) is 13.6. The van der Waals surface area contributed by atoms with Crippen molar-refractivity contribution in [3.05, 3.63) is 15.6 Å². The van der Waals surface area contributed by atoms with Gasteiger partial charge >= 0.3 is 0 Å². The smallest absolute Gasteiger partial charge is 0.113 e. The minimum Gasteiger partial charge on any atom is -0.303 e. The van der Waals surface area contributed by atoms with Crippen LogP contribution in [0.25, 0.3) is 0 Å². The van der Waals surface area contributed by atoms with E-state index in [1.54, 1.807) is 4.88 Å². The van der Waals surface area contributed by atoms with Gasteiger partial charge in [-0.2, -0.15) is 0 Å². The van der Waals surface area contributed by atoms with Crippen molar-refractivity contribution in [1.29, 1.82) is 0 Å². The highest BCUT2D eigenvalue weighted by Gasteiger charge is 2.39. The zero-order valence-electron chi connectivity index (χ0n) is 12.5. The molecule has 2 aliphatic rings. The van der Waals surface area contributed by atoms with E-state index in [4.69, 9.17) is 4.98 Å². The van der Waals surface area contributed by atoms with Gasteiger partial charge < -0.3 is 5.32 Å². The molecule has 0 aromatic carbocycles. The van der Waals surface area contributed by atoms with Gasteiger partial charge in [-0.05, 0) is 64.7 Å². The minimum atomic E-state index is 0.176. The maximum absolute atomic E-state index is 5.02. The summed E-state index contributed by atoms with van der Waals surface area (Å²) in [5.74, 6) is 0.883. The van der Waals surface area contributed by atoms with Gasteiger partial charge in [-0.25, -0.2) is 4.98 Å². The molecule has 3 rings (SSSR count). The third-order valence-corrected chi connectivity index (χ3v) is 6.06. The average molecular weight is 278 g/mol. The second-order valence-electron chi connectivity index (χ2n) is 6.81. The lowest BCUT2D eigenvalue weighted by Crippen LogP contribution is -2.48. The number of fused-ring (bicyclic) bond motifs is 1. The molecule has 1 aromatic heterocycles. The SMILES string of the molecule is CC1CCC(NC(C)C)(c2nc3c(s2)CCC3)CC1. The summed E-state index contributed by atoms with van der Waals surface area (Å²) in [5.41, 5.74) is 1.58. The fourth-order valence-corrected chi connectivity index (χ4v) is 4.98. The molecule has 0 bridgehead atoms. The molecule has 2 aliphatic carbocycles. The second-order valence-corrected chi connectivity index (χ2v) is 7.89. The fourth-order valence-electron chi connectivity index (χ4n) is 3.62. The fraction of sp³-hybridized carbons (Fsp3) is 0.812. The Kier molecular flexibility index (Phi) is 3.69. The Morgan fingerprint density at radius 1 is 1.26 bits per heavy atom. The standard InChI is InChI=1S/C16H26N2S/c1-11(2)18-16(9-7-12(3)8-10-16)15-17-13-5-4-6-14(13)19-15/h11-12,18H,4-10H2,1-3H3. The van der Waals surface area contributed by atoms with Crippen molar-refractivity contribution in [2.45, 2.75) is 77.3 Å². The number of nitrogens with one attached hydrogen (secondary N) is 1. The average Bonchev–Trinajstić information content (AvgIpc) is 2.92. The number of hydrogen-bond donors (Lipinski definition) is 1. The molecule has 0 amide bonds. The van der Waals surface area contributed by atoms with E-state index in [0.717, 1.165) is 5.92 Å². The van der Waals surface area contributed by atoms with Crippen LogP contribution in [-0.4, -0.2) is 11.0 Å². The van der Waals surface area contributed by atoms with Gasteiger partial charge in [0.25, 0.3) is 0 Å². The lowest BCUT2D eigenvalue weighted by molar-refractivity contribution is 0.183. The van der Waals surface area contributed by atoms with Crippen molar-refractivity contribution >= 4 is 11.3 Å². The number of aryl methyl sites for hydroxylation is 2. The number of thiazole rings is 1. The molecule has 2 nitrogen and oxygen atoms in total. The highest BCUT2D eigenvalue weighted by atomic mass is 32.1. The van der Waals surface area contributed by atoms with Crippen LogP contribution in [-0.2, 0) is 18.4 Å². The normalized spacial score (nSPS) is 30.8. The van der Waals surface area contributed by atoms with Crippen LogP contribution in [0, 0.1) is 5.92 Å². The molecule has 0 radical (unpaired) electrons. The zero-order valence-corrected chi connectivity index (χ0v) is 13.3. The summed E-state index contributed by atoms with van der Waals surface area (Å²) >= 11 is 2.00. The topological polar surface area (TPSA) is 24.9 Å². The number of hydrogen-bond acceptors (Lipinski definition) is 3. The highest BCUT2D eigenvalue weighted by molar-refractivity contribution is 7.12. The van der Waals surface area contributed by atoms with Crippen LogP contribution >= 0.6 is 11.3 Å². The van der Waals surface area contributed by atoms with Crippen molar-refractivity contribution in [2.75, 3.05) is 0 Å². The third-order valence-electron chi connectivity index (χ3n) is 4.70. The van der Waals surface area contributed by atoms with Gasteiger partial charge in [0.15, 0.2) is 0 Å². The van der Waals surface area contributed by atoms with E-state index in [1.165, 1.54) is 55.6 Å². The summed E-state index contributed by atoms with van der Waals surface area (Å²) in [6.45, 7) is 6.92. The molecule has 1 saturated carbocycles. The van der Waals surface area contributed by atoms with E-state index < -0.39 is 0 Å². The Morgan fingerprint density at radius 2 is 2.00 bits per heavy atom. The summed E-state index contributed by atoms with van der Waals surface area (Å²) < 4.78 is 0. The van der Waals surface area contributed by atoms with Crippen LogP contribution in [0.15, 0.2) is 0 Å². The van der Waals surface area contributed by atoms with Crippen molar-refractivity contribution < 1.29 is 0 Å². The molecule has 1 fully saturated rings. The molecule has 0 aliphatic heterocycles. The molecule has 0 unspecified atom stereocenters. The van der Waals surface area contributed by atoms with E-state index in [2.05, 4.69) is 26.1 Å². The van der Waals surface area contributed by atoms with Crippen molar-refractivity contribution in [1.82, 2.24) is 10.3 Å². The Labute approximate surface area is 121 Å². The molecule has 0 saturated heterocycles. The summed E-state index contributed by atoms with van der Waals surface area (Å²) in [6.07, 6.45) is 8.99. The van der Waals surface area contributed by atoms with Gasteiger partial charge in [0, 0.05) is 10.9 Å². The summed E-state index contributed by atoms with van der Waals surface area (Å²) in [6, 6.07) is 0.534. The van der Waals surface area contributed by atoms with Crippen LogP contribution in [0.1, 0.15) is 68.5 Å². The van der Waals surface area contributed by atoms with Crippen LogP contribution in [0.5, 0.6) is 0 Å². The van der Waals surface area contributed by atoms with Crippen molar-refractivity contribution in [2.24, 2.45) is 5.92 Å². The third kappa shape index (κ3) is 2.59. The Bertz CT molecular complexity index is 420. The number of aromatic nitrogens is 1. The highest BCUT2D eigenvalue weighted by Crippen LogP contribution is 2.43. The van der Waals surface area contributed by atoms with Crippen molar-refractivity contribution in [3.63, 3.8) is 0 Å². The predicted octanol–water partition coefficient (Wildman–Crippen LogP) is 4.04. The molecule has 3 heteroatoms. The summed E-state index contributed by atoms with van der Waals surface area (Å²) in [7, 11) is 0. The van der Waals surface area contributed by atoms with Crippen LogP contribution < -0.4 is 5.32 Å². The first-order valence-electron chi connectivity index (χ1n) is 7.86. The Hall–Kier alpha value is -0.410. The van der Waals surface area contributed by atoms with Crippen LogP contribution in [0.2, 0.25) is 0 Å². The largest absolute Gasteiger partial charge is 0.303 e. The molecule has 0 spiro atoms. The van der Waals surface area contributed by atoms with E-state index in [0.29, 0.717) is 6.04 Å². The monoisotopic (exact) mass is 278 g/mol. The van der Waals surface area contributed by atoms with Crippen LogP contribution in [0.4, 0.5) is 0 Å².